The van der Waals surface area contributed by atoms with Crippen molar-refractivity contribution in [2.45, 2.75) is 26.3 Å². The van der Waals surface area contributed by atoms with Gasteiger partial charge in [0.1, 0.15) is 12.3 Å². The fraction of sp³-hybridized carbons (Fsp3) is 0.375. The Kier molecular flexibility index (Phi) is 7.41. The van der Waals surface area contributed by atoms with Gasteiger partial charge >= 0.3 is 0 Å². The molecule has 0 saturated carbocycles. The van der Waals surface area contributed by atoms with E-state index in [-0.39, 0.29) is 24.4 Å². The molecular formula is C24H29N3O4. The topological polar surface area (TPSA) is 71.4 Å². The van der Waals surface area contributed by atoms with Crippen molar-refractivity contribution in [2.75, 3.05) is 33.9 Å². The molecule has 0 fully saturated rings. The summed E-state index contributed by atoms with van der Waals surface area (Å²) in [6, 6.07) is 15.5. The Bertz CT molecular complexity index is 956. The van der Waals surface area contributed by atoms with Crippen LogP contribution in [0.25, 0.3) is 0 Å². The van der Waals surface area contributed by atoms with E-state index in [1.54, 1.807) is 14.2 Å². The molecule has 1 heterocycles. The Morgan fingerprint density at radius 1 is 1.16 bits per heavy atom. The Hall–Kier alpha value is -3.19. The first-order valence-corrected chi connectivity index (χ1v) is 10.3. The summed E-state index contributed by atoms with van der Waals surface area (Å²) < 4.78 is 10.4. The van der Waals surface area contributed by atoms with E-state index in [9.17, 15) is 9.59 Å². The monoisotopic (exact) mass is 423 g/mol. The summed E-state index contributed by atoms with van der Waals surface area (Å²) in [7, 11) is 3.19. The van der Waals surface area contributed by atoms with Gasteiger partial charge in [-0.1, -0.05) is 42.0 Å². The number of carbonyl (C=O) groups excluding carboxylic acids is 2. The maximum Gasteiger partial charge on any atom is 0.262 e. The molecule has 1 aliphatic heterocycles. The summed E-state index contributed by atoms with van der Waals surface area (Å²) in [5.74, 6) is 0.336. The molecule has 7 heteroatoms. The van der Waals surface area contributed by atoms with Gasteiger partial charge in [-0.3, -0.25) is 9.59 Å². The molecule has 0 saturated heterocycles. The number of amides is 2. The molecule has 1 atom stereocenters. The molecular weight excluding hydrogens is 394 g/mol. The molecule has 7 nitrogen and oxygen atoms in total. The number of rotatable bonds is 8. The van der Waals surface area contributed by atoms with Crippen molar-refractivity contribution < 1.29 is 19.1 Å². The van der Waals surface area contributed by atoms with Gasteiger partial charge in [-0.15, -0.1) is 0 Å². The van der Waals surface area contributed by atoms with Gasteiger partial charge < -0.3 is 14.4 Å². The SMILES string of the molecule is COCCN(CC(=O)N1N=C(c2cccc(OC)c2)C[C@H]1c1ccc(C)cc1)C(C)=O. The predicted molar refractivity (Wildman–Crippen MR) is 119 cm³/mol. The molecule has 2 aromatic rings. The Balaban J connectivity index is 1.90. The molecule has 2 amide bonds. The maximum absolute atomic E-state index is 13.2. The van der Waals surface area contributed by atoms with Crippen LogP contribution in [0.15, 0.2) is 53.6 Å². The van der Waals surface area contributed by atoms with Crippen LogP contribution in [0.4, 0.5) is 0 Å². The molecule has 2 aromatic carbocycles. The Morgan fingerprint density at radius 2 is 1.90 bits per heavy atom. The smallest absolute Gasteiger partial charge is 0.262 e. The second-order valence-electron chi connectivity index (χ2n) is 7.58. The van der Waals surface area contributed by atoms with E-state index in [0.29, 0.717) is 19.6 Å². The summed E-state index contributed by atoms with van der Waals surface area (Å²) in [4.78, 5) is 26.7. The lowest BCUT2D eigenvalue weighted by atomic mass is 9.97. The highest BCUT2D eigenvalue weighted by atomic mass is 16.5. The molecule has 0 N–H and O–H groups in total. The standard InChI is InChI=1S/C24H29N3O4/c1-17-8-10-19(11-9-17)23-15-22(20-6-5-7-21(14-20)31-4)25-27(23)24(29)16-26(18(2)28)12-13-30-3/h5-11,14,23H,12-13,15-16H2,1-4H3/t23-/m0/s1. The van der Waals surface area contributed by atoms with Crippen molar-refractivity contribution in [3.05, 3.63) is 65.2 Å². The van der Waals surface area contributed by atoms with Gasteiger partial charge in [-0.2, -0.15) is 5.10 Å². The molecule has 1 aliphatic rings. The highest BCUT2D eigenvalue weighted by molar-refractivity contribution is 6.03. The minimum absolute atomic E-state index is 0.0457. The highest BCUT2D eigenvalue weighted by Gasteiger charge is 2.34. The first-order chi connectivity index (χ1) is 14.9. The summed E-state index contributed by atoms with van der Waals surface area (Å²) in [6.07, 6.45) is 0.583. The van der Waals surface area contributed by atoms with Gasteiger partial charge in [-0.05, 0) is 24.6 Å². The molecule has 164 valence electrons. The van der Waals surface area contributed by atoms with Crippen LogP contribution in [0.1, 0.15) is 36.1 Å². The lowest BCUT2D eigenvalue weighted by Gasteiger charge is -2.26. The molecule has 0 aliphatic carbocycles. The zero-order chi connectivity index (χ0) is 22.4. The quantitative estimate of drug-likeness (QED) is 0.654. The van der Waals surface area contributed by atoms with Crippen molar-refractivity contribution in [3.63, 3.8) is 0 Å². The predicted octanol–water partition coefficient (Wildman–Crippen LogP) is 3.18. The van der Waals surface area contributed by atoms with Crippen LogP contribution in [-0.2, 0) is 14.3 Å². The van der Waals surface area contributed by atoms with E-state index in [1.165, 1.54) is 16.8 Å². The zero-order valence-electron chi connectivity index (χ0n) is 18.5. The summed E-state index contributed by atoms with van der Waals surface area (Å²) in [6.45, 7) is 4.16. The normalized spacial score (nSPS) is 15.5. The molecule has 0 spiro atoms. The fourth-order valence-corrected chi connectivity index (χ4v) is 3.55. The third-order valence-corrected chi connectivity index (χ3v) is 5.37. The van der Waals surface area contributed by atoms with Gasteiger partial charge in [0.15, 0.2) is 0 Å². The number of aryl methyl sites for hydroxylation is 1. The van der Waals surface area contributed by atoms with Crippen LogP contribution in [0.3, 0.4) is 0 Å². The van der Waals surface area contributed by atoms with E-state index in [2.05, 4.69) is 5.10 Å². The average molecular weight is 424 g/mol. The highest BCUT2D eigenvalue weighted by Crippen LogP contribution is 2.33. The van der Waals surface area contributed by atoms with E-state index >= 15 is 0 Å². The molecule has 0 radical (unpaired) electrons. The maximum atomic E-state index is 13.2. The zero-order valence-corrected chi connectivity index (χ0v) is 18.5. The molecule has 31 heavy (non-hydrogen) atoms. The van der Waals surface area contributed by atoms with E-state index in [0.717, 1.165) is 28.2 Å². The number of methoxy groups -OCH3 is 2. The van der Waals surface area contributed by atoms with Gasteiger partial charge in [0.25, 0.3) is 5.91 Å². The van der Waals surface area contributed by atoms with Crippen molar-refractivity contribution >= 4 is 17.5 Å². The second kappa shape index (κ2) is 10.2. The van der Waals surface area contributed by atoms with Crippen molar-refractivity contribution in [1.29, 1.82) is 0 Å². The number of hydrazone groups is 1. The van der Waals surface area contributed by atoms with Crippen molar-refractivity contribution in [1.82, 2.24) is 9.91 Å². The van der Waals surface area contributed by atoms with Gasteiger partial charge in [-0.25, -0.2) is 5.01 Å². The third kappa shape index (κ3) is 5.49. The number of benzene rings is 2. The molecule has 3 rings (SSSR count). The van der Waals surface area contributed by atoms with Crippen LogP contribution in [0, 0.1) is 6.92 Å². The van der Waals surface area contributed by atoms with E-state index < -0.39 is 0 Å². The lowest BCUT2D eigenvalue weighted by Crippen LogP contribution is -2.41. The minimum Gasteiger partial charge on any atom is -0.497 e. The second-order valence-corrected chi connectivity index (χ2v) is 7.58. The molecule has 0 aromatic heterocycles. The van der Waals surface area contributed by atoms with Crippen LogP contribution < -0.4 is 4.74 Å². The van der Waals surface area contributed by atoms with Crippen LogP contribution in [0.2, 0.25) is 0 Å². The lowest BCUT2D eigenvalue weighted by molar-refractivity contribution is -0.141. The van der Waals surface area contributed by atoms with E-state index in [4.69, 9.17) is 9.47 Å². The van der Waals surface area contributed by atoms with Crippen LogP contribution in [-0.4, -0.2) is 61.4 Å². The first-order valence-electron chi connectivity index (χ1n) is 10.3. The number of nitrogens with zero attached hydrogens (tertiary/aromatic N) is 3. The van der Waals surface area contributed by atoms with Crippen LogP contribution >= 0.6 is 0 Å². The van der Waals surface area contributed by atoms with Crippen molar-refractivity contribution in [2.24, 2.45) is 5.10 Å². The summed E-state index contributed by atoms with van der Waals surface area (Å²) in [5, 5.41) is 6.20. The van der Waals surface area contributed by atoms with Crippen LogP contribution in [0.5, 0.6) is 5.75 Å². The Morgan fingerprint density at radius 3 is 2.55 bits per heavy atom. The number of ether oxygens (including phenoxy) is 2. The van der Waals surface area contributed by atoms with Gasteiger partial charge in [0, 0.05) is 32.6 Å². The minimum atomic E-state index is -0.231. The van der Waals surface area contributed by atoms with Gasteiger partial charge in [0.2, 0.25) is 5.91 Å². The van der Waals surface area contributed by atoms with Crippen molar-refractivity contribution in [3.8, 4) is 5.75 Å². The molecule has 0 bridgehead atoms. The Labute approximate surface area is 183 Å². The third-order valence-electron chi connectivity index (χ3n) is 5.37. The number of hydrogen-bond acceptors (Lipinski definition) is 5. The molecule has 0 unspecified atom stereocenters. The fourth-order valence-electron chi connectivity index (χ4n) is 3.55. The van der Waals surface area contributed by atoms with E-state index in [1.807, 2.05) is 55.5 Å². The summed E-state index contributed by atoms with van der Waals surface area (Å²) >= 11 is 0. The number of carbonyl (C=O) groups is 2. The summed E-state index contributed by atoms with van der Waals surface area (Å²) in [5.41, 5.74) is 3.88. The largest absolute Gasteiger partial charge is 0.497 e. The van der Waals surface area contributed by atoms with Gasteiger partial charge in [0.05, 0.1) is 25.5 Å². The number of hydrogen-bond donors (Lipinski definition) is 0. The first kappa shape index (κ1) is 22.5. The average Bonchev–Trinajstić information content (AvgIpc) is 3.22.